The fourth-order valence-corrected chi connectivity index (χ4v) is 2.91. The Morgan fingerprint density at radius 3 is 2.78 bits per heavy atom. The first-order valence-corrected chi connectivity index (χ1v) is 6.67. The van der Waals surface area contributed by atoms with Crippen molar-refractivity contribution in [1.82, 2.24) is 5.32 Å². The highest BCUT2D eigenvalue weighted by Gasteiger charge is 2.35. The minimum absolute atomic E-state index is 0.310. The Morgan fingerprint density at radius 2 is 2.06 bits per heavy atom. The summed E-state index contributed by atoms with van der Waals surface area (Å²) >= 11 is 0. The van der Waals surface area contributed by atoms with Gasteiger partial charge in [-0.3, -0.25) is 0 Å². The molecule has 98 valence electrons. The van der Waals surface area contributed by atoms with Gasteiger partial charge in [-0.05, 0) is 17.9 Å². The van der Waals surface area contributed by atoms with Gasteiger partial charge in [-0.1, -0.05) is 32.9 Å². The molecule has 0 radical (unpaired) electrons. The van der Waals surface area contributed by atoms with E-state index in [1.807, 2.05) is 6.07 Å². The molecule has 2 heterocycles. The number of ether oxygens (including phenoxy) is 2. The molecule has 0 spiro atoms. The number of rotatable bonds is 1. The van der Waals surface area contributed by atoms with E-state index in [1.165, 1.54) is 12.0 Å². The van der Waals surface area contributed by atoms with E-state index in [1.54, 1.807) is 0 Å². The van der Waals surface area contributed by atoms with E-state index < -0.39 is 0 Å². The third kappa shape index (κ3) is 1.97. The summed E-state index contributed by atoms with van der Waals surface area (Å²) in [5.74, 6) is 2.39. The molecule has 1 aromatic rings. The number of fused-ring (bicyclic) bond motifs is 1. The lowest BCUT2D eigenvalue weighted by Gasteiger charge is -2.27. The van der Waals surface area contributed by atoms with Gasteiger partial charge in [0.05, 0.1) is 0 Å². The second-order valence-electron chi connectivity index (χ2n) is 6.34. The van der Waals surface area contributed by atoms with Crippen LogP contribution in [0.4, 0.5) is 0 Å². The van der Waals surface area contributed by atoms with Crippen LogP contribution < -0.4 is 14.8 Å². The normalized spacial score (nSPS) is 26.6. The van der Waals surface area contributed by atoms with E-state index in [0.717, 1.165) is 18.0 Å². The standard InChI is InChI=1S/C15H21NO2/c1-15(2,3)13-7-10(8-16-13)11-5-4-6-12-14(11)18-9-17-12/h4-6,10,13,16H,7-9H2,1-3H3. The fourth-order valence-electron chi connectivity index (χ4n) is 2.91. The Bertz CT molecular complexity index is 450. The summed E-state index contributed by atoms with van der Waals surface area (Å²) in [5, 5.41) is 3.64. The van der Waals surface area contributed by atoms with Crippen LogP contribution in [0.25, 0.3) is 0 Å². The number of hydrogen-bond acceptors (Lipinski definition) is 3. The van der Waals surface area contributed by atoms with Gasteiger partial charge in [-0.15, -0.1) is 0 Å². The molecule has 1 aromatic carbocycles. The molecule has 3 heteroatoms. The molecule has 0 amide bonds. The second kappa shape index (κ2) is 4.16. The SMILES string of the molecule is CC(C)(C)C1CC(c2cccc3c2OCO3)CN1. The summed E-state index contributed by atoms with van der Waals surface area (Å²) in [6.45, 7) is 8.27. The van der Waals surface area contributed by atoms with Crippen LogP contribution >= 0.6 is 0 Å². The summed E-state index contributed by atoms with van der Waals surface area (Å²) in [7, 11) is 0. The molecule has 2 aliphatic rings. The zero-order valence-electron chi connectivity index (χ0n) is 11.3. The van der Waals surface area contributed by atoms with Crippen LogP contribution in [-0.2, 0) is 0 Å². The van der Waals surface area contributed by atoms with Crippen LogP contribution in [-0.4, -0.2) is 19.4 Å². The molecule has 3 rings (SSSR count). The Kier molecular flexibility index (Phi) is 2.74. The van der Waals surface area contributed by atoms with E-state index in [2.05, 4.69) is 38.2 Å². The zero-order chi connectivity index (χ0) is 12.8. The van der Waals surface area contributed by atoms with Crippen molar-refractivity contribution in [1.29, 1.82) is 0 Å². The summed E-state index contributed by atoms with van der Waals surface area (Å²) in [4.78, 5) is 0. The molecule has 2 unspecified atom stereocenters. The van der Waals surface area contributed by atoms with Crippen molar-refractivity contribution in [2.24, 2.45) is 5.41 Å². The predicted molar refractivity (Wildman–Crippen MR) is 71.2 cm³/mol. The van der Waals surface area contributed by atoms with Crippen LogP contribution in [0.2, 0.25) is 0 Å². The highest BCUT2D eigenvalue weighted by Crippen LogP contribution is 2.43. The smallest absolute Gasteiger partial charge is 0.231 e. The Balaban J connectivity index is 1.83. The van der Waals surface area contributed by atoms with Gasteiger partial charge in [0.1, 0.15) is 0 Å². The number of benzene rings is 1. The lowest BCUT2D eigenvalue weighted by atomic mass is 9.83. The van der Waals surface area contributed by atoms with E-state index in [-0.39, 0.29) is 0 Å². The fraction of sp³-hybridized carbons (Fsp3) is 0.600. The van der Waals surface area contributed by atoms with Gasteiger partial charge in [-0.25, -0.2) is 0 Å². The maximum absolute atomic E-state index is 5.61. The minimum Gasteiger partial charge on any atom is -0.454 e. The molecule has 0 aromatic heterocycles. The monoisotopic (exact) mass is 247 g/mol. The van der Waals surface area contributed by atoms with Crippen molar-refractivity contribution in [3.63, 3.8) is 0 Å². The van der Waals surface area contributed by atoms with Gasteiger partial charge in [0.15, 0.2) is 11.5 Å². The van der Waals surface area contributed by atoms with Crippen molar-refractivity contribution >= 4 is 0 Å². The molecule has 2 aliphatic heterocycles. The van der Waals surface area contributed by atoms with Gasteiger partial charge in [0.2, 0.25) is 6.79 Å². The predicted octanol–water partition coefficient (Wildman–Crippen LogP) is 2.91. The molecule has 0 aliphatic carbocycles. The number of hydrogen-bond donors (Lipinski definition) is 1. The van der Waals surface area contributed by atoms with E-state index in [9.17, 15) is 0 Å². The lowest BCUT2D eigenvalue weighted by molar-refractivity contribution is 0.173. The molecular weight excluding hydrogens is 226 g/mol. The molecule has 3 nitrogen and oxygen atoms in total. The molecular formula is C15H21NO2. The average Bonchev–Trinajstić information content (AvgIpc) is 2.96. The van der Waals surface area contributed by atoms with Crippen molar-refractivity contribution in [3.05, 3.63) is 23.8 Å². The summed E-state index contributed by atoms with van der Waals surface area (Å²) in [6.07, 6.45) is 1.17. The summed E-state index contributed by atoms with van der Waals surface area (Å²) in [6, 6.07) is 6.79. The first kappa shape index (κ1) is 11.8. The van der Waals surface area contributed by atoms with Crippen molar-refractivity contribution in [2.75, 3.05) is 13.3 Å². The van der Waals surface area contributed by atoms with Gasteiger partial charge in [0, 0.05) is 24.1 Å². The molecule has 1 saturated heterocycles. The van der Waals surface area contributed by atoms with Crippen LogP contribution in [0.1, 0.15) is 38.7 Å². The quantitative estimate of drug-likeness (QED) is 0.827. The molecule has 18 heavy (non-hydrogen) atoms. The topological polar surface area (TPSA) is 30.5 Å². The Morgan fingerprint density at radius 1 is 1.22 bits per heavy atom. The Labute approximate surface area is 108 Å². The highest BCUT2D eigenvalue weighted by molar-refractivity contribution is 5.50. The van der Waals surface area contributed by atoms with Crippen molar-refractivity contribution < 1.29 is 9.47 Å². The minimum atomic E-state index is 0.310. The van der Waals surface area contributed by atoms with Crippen LogP contribution in [0.3, 0.4) is 0 Å². The Hall–Kier alpha value is -1.22. The zero-order valence-corrected chi connectivity index (χ0v) is 11.3. The van der Waals surface area contributed by atoms with E-state index >= 15 is 0 Å². The molecule has 1 fully saturated rings. The maximum atomic E-state index is 5.61. The van der Waals surface area contributed by atoms with Crippen molar-refractivity contribution in [3.8, 4) is 11.5 Å². The third-order valence-corrected chi connectivity index (χ3v) is 4.04. The van der Waals surface area contributed by atoms with Crippen LogP contribution in [0, 0.1) is 5.41 Å². The van der Waals surface area contributed by atoms with Gasteiger partial charge >= 0.3 is 0 Å². The lowest BCUT2D eigenvalue weighted by Crippen LogP contribution is -2.34. The van der Waals surface area contributed by atoms with Gasteiger partial charge in [0.25, 0.3) is 0 Å². The number of nitrogens with one attached hydrogen (secondary N) is 1. The van der Waals surface area contributed by atoms with E-state index in [4.69, 9.17) is 9.47 Å². The maximum Gasteiger partial charge on any atom is 0.231 e. The van der Waals surface area contributed by atoms with Crippen LogP contribution in [0.5, 0.6) is 11.5 Å². The first-order chi connectivity index (χ1) is 8.55. The van der Waals surface area contributed by atoms with Crippen molar-refractivity contribution in [2.45, 2.75) is 39.2 Å². The summed E-state index contributed by atoms with van der Waals surface area (Å²) < 4.78 is 11.1. The van der Waals surface area contributed by atoms with Gasteiger partial charge in [-0.2, -0.15) is 0 Å². The van der Waals surface area contributed by atoms with Crippen LogP contribution in [0.15, 0.2) is 18.2 Å². The summed E-state index contributed by atoms with van der Waals surface area (Å²) in [5.41, 5.74) is 1.61. The second-order valence-corrected chi connectivity index (χ2v) is 6.34. The highest BCUT2D eigenvalue weighted by atomic mass is 16.7. The molecule has 1 N–H and O–H groups in total. The average molecular weight is 247 g/mol. The van der Waals surface area contributed by atoms with Gasteiger partial charge < -0.3 is 14.8 Å². The molecule has 0 saturated carbocycles. The number of para-hydroxylation sites is 1. The first-order valence-electron chi connectivity index (χ1n) is 6.67. The van der Waals surface area contributed by atoms with E-state index in [0.29, 0.717) is 24.2 Å². The molecule has 0 bridgehead atoms. The molecule has 2 atom stereocenters. The largest absolute Gasteiger partial charge is 0.454 e. The third-order valence-electron chi connectivity index (χ3n) is 4.04.